The first kappa shape index (κ1) is 16.9. The van der Waals surface area contributed by atoms with Gasteiger partial charge in [-0.2, -0.15) is 4.31 Å². The molecular weight excluding hydrogens is 348 g/mol. The van der Waals surface area contributed by atoms with Crippen LogP contribution in [-0.4, -0.2) is 40.6 Å². The number of hydrogen-bond donors (Lipinski definition) is 0. The molecule has 134 valence electrons. The average molecular weight is 368 g/mol. The molecule has 0 saturated carbocycles. The van der Waals surface area contributed by atoms with Gasteiger partial charge < -0.3 is 0 Å². The first-order valence-corrected chi connectivity index (χ1v) is 10.1. The summed E-state index contributed by atoms with van der Waals surface area (Å²) in [6, 6.07) is 18.6. The highest BCUT2D eigenvalue weighted by molar-refractivity contribution is 7.89. The Morgan fingerprint density at radius 2 is 1.69 bits per heavy atom. The third-order valence-corrected chi connectivity index (χ3v) is 6.63. The van der Waals surface area contributed by atoms with Gasteiger partial charge in [0.1, 0.15) is 12.2 Å². The van der Waals surface area contributed by atoms with Crippen molar-refractivity contribution in [1.82, 2.24) is 19.1 Å². The Labute approximate surface area is 153 Å². The van der Waals surface area contributed by atoms with Gasteiger partial charge in [0.15, 0.2) is 0 Å². The summed E-state index contributed by atoms with van der Waals surface area (Å²) in [5.74, 6) is 1.10. The van der Waals surface area contributed by atoms with E-state index in [-0.39, 0.29) is 5.92 Å². The van der Waals surface area contributed by atoms with E-state index in [9.17, 15) is 8.42 Å². The van der Waals surface area contributed by atoms with E-state index in [1.54, 1.807) is 34.9 Å². The lowest BCUT2D eigenvalue weighted by Gasteiger charge is -2.16. The maximum atomic E-state index is 12.8. The number of sulfonamides is 1. The normalized spacial score (nSPS) is 18.2. The molecule has 1 fully saturated rings. The predicted molar refractivity (Wildman–Crippen MR) is 98.4 cm³/mol. The standard InChI is InChI=1S/C19H20N4O2S/c24-26(25,18-9-5-2-6-10-18)22-12-11-16(14-22)13-19-21-20-15-23(19)17-7-3-1-4-8-17/h1-10,15-16H,11-14H2. The molecule has 2 aromatic carbocycles. The van der Waals surface area contributed by atoms with Crippen LogP contribution >= 0.6 is 0 Å². The number of benzene rings is 2. The topological polar surface area (TPSA) is 68.1 Å². The van der Waals surface area contributed by atoms with Crippen molar-refractivity contribution in [3.8, 4) is 5.69 Å². The fourth-order valence-corrected chi connectivity index (χ4v) is 4.94. The molecule has 0 aliphatic carbocycles. The van der Waals surface area contributed by atoms with Gasteiger partial charge in [-0.1, -0.05) is 36.4 Å². The van der Waals surface area contributed by atoms with Crippen molar-refractivity contribution in [2.75, 3.05) is 13.1 Å². The predicted octanol–water partition coefficient (Wildman–Crippen LogP) is 2.52. The molecule has 7 heteroatoms. The van der Waals surface area contributed by atoms with Gasteiger partial charge in [-0.25, -0.2) is 8.42 Å². The van der Waals surface area contributed by atoms with Crippen LogP contribution in [0.3, 0.4) is 0 Å². The van der Waals surface area contributed by atoms with Gasteiger partial charge >= 0.3 is 0 Å². The summed E-state index contributed by atoms with van der Waals surface area (Å²) in [5, 5.41) is 8.28. The first-order valence-electron chi connectivity index (χ1n) is 8.64. The molecule has 0 amide bonds. The second-order valence-electron chi connectivity index (χ2n) is 6.49. The summed E-state index contributed by atoms with van der Waals surface area (Å²) >= 11 is 0. The zero-order valence-corrected chi connectivity index (χ0v) is 15.1. The SMILES string of the molecule is O=S(=O)(c1ccccc1)N1CCC(Cc2nncn2-c2ccccc2)C1. The Kier molecular flexibility index (Phi) is 4.57. The van der Waals surface area contributed by atoms with Crippen LogP contribution in [0.5, 0.6) is 0 Å². The zero-order chi connectivity index (χ0) is 18.0. The van der Waals surface area contributed by atoms with Crippen molar-refractivity contribution in [3.63, 3.8) is 0 Å². The lowest BCUT2D eigenvalue weighted by molar-refractivity contribution is 0.452. The van der Waals surface area contributed by atoms with Gasteiger partial charge in [-0.15, -0.1) is 10.2 Å². The molecular formula is C19H20N4O2S. The van der Waals surface area contributed by atoms with E-state index >= 15 is 0 Å². The second-order valence-corrected chi connectivity index (χ2v) is 8.43. The number of para-hydroxylation sites is 1. The van der Waals surface area contributed by atoms with Crippen LogP contribution in [0.1, 0.15) is 12.2 Å². The molecule has 0 N–H and O–H groups in total. The van der Waals surface area contributed by atoms with Crippen molar-refractivity contribution in [2.45, 2.75) is 17.7 Å². The van der Waals surface area contributed by atoms with Gasteiger partial charge in [0.2, 0.25) is 10.0 Å². The maximum Gasteiger partial charge on any atom is 0.243 e. The van der Waals surface area contributed by atoms with E-state index in [2.05, 4.69) is 10.2 Å². The van der Waals surface area contributed by atoms with Gasteiger partial charge in [0, 0.05) is 25.2 Å². The van der Waals surface area contributed by atoms with E-state index in [0.717, 1.165) is 17.9 Å². The Morgan fingerprint density at radius 1 is 1.00 bits per heavy atom. The van der Waals surface area contributed by atoms with Gasteiger partial charge in [0.05, 0.1) is 4.90 Å². The Bertz CT molecular complexity index is 971. The molecule has 1 aliphatic rings. The number of hydrogen-bond acceptors (Lipinski definition) is 4. The summed E-state index contributed by atoms with van der Waals surface area (Å²) in [6.45, 7) is 1.06. The van der Waals surface area contributed by atoms with Crippen molar-refractivity contribution in [1.29, 1.82) is 0 Å². The van der Waals surface area contributed by atoms with Crippen LogP contribution in [0.4, 0.5) is 0 Å². The van der Waals surface area contributed by atoms with Crippen molar-refractivity contribution >= 4 is 10.0 Å². The molecule has 1 unspecified atom stereocenters. The average Bonchev–Trinajstić information content (AvgIpc) is 3.33. The van der Waals surface area contributed by atoms with E-state index in [0.29, 0.717) is 24.4 Å². The number of aromatic nitrogens is 3. The highest BCUT2D eigenvalue weighted by Crippen LogP contribution is 2.26. The molecule has 2 heterocycles. The molecule has 1 aromatic heterocycles. The largest absolute Gasteiger partial charge is 0.286 e. The smallest absolute Gasteiger partial charge is 0.243 e. The molecule has 4 rings (SSSR count). The van der Waals surface area contributed by atoms with Gasteiger partial charge in [0.25, 0.3) is 0 Å². The van der Waals surface area contributed by atoms with Crippen molar-refractivity contribution < 1.29 is 8.42 Å². The number of rotatable bonds is 5. The van der Waals surface area contributed by atoms with E-state index in [1.807, 2.05) is 41.0 Å². The van der Waals surface area contributed by atoms with Crippen LogP contribution in [0, 0.1) is 5.92 Å². The highest BCUT2D eigenvalue weighted by Gasteiger charge is 2.33. The summed E-state index contributed by atoms with van der Waals surface area (Å²) in [6.07, 6.45) is 3.24. The number of nitrogens with zero attached hydrogens (tertiary/aromatic N) is 4. The summed E-state index contributed by atoms with van der Waals surface area (Å²) in [4.78, 5) is 0.355. The molecule has 1 aliphatic heterocycles. The molecule has 6 nitrogen and oxygen atoms in total. The Hall–Kier alpha value is -2.51. The van der Waals surface area contributed by atoms with Crippen LogP contribution in [0.15, 0.2) is 71.9 Å². The van der Waals surface area contributed by atoms with Crippen LogP contribution in [0.25, 0.3) is 5.69 Å². The molecule has 1 saturated heterocycles. The third-order valence-electron chi connectivity index (χ3n) is 4.75. The third kappa shape index (κ3) is 3.27. The van der Waals surface area contributed by atoms with Crippen molar-refractivity contribution in [2.24, 2.45) is 5.92 Å². The fourth-order valence-electron chi connectivity index (χ4n) is 3.38. The molecule has 0 spiro atoms. The van der Waals surface area contributed by atoms with Crippen molar-refractivity contribution in [3.05, 3.63) is 72.8 Å². The molecule has 26 heavy (non-hydrogen) atoms. The highest BCUT2D eigenvalue weighted by atomic mass is 32.2. The van der Waals surface area contributed by atoms with Crippen LogP contribution in [-0.2, 0) is 16.4 Å². The lowest BCUT2D eigenvalue weighted by atomic mass is 10.0. The fraction of sp³-hybridized carbons (Fsp3) is 0.263. The zero-order valence-electron chi connectivity index (χ0n) is 14.3. The molecule has 3 aromatic rings. The maximum absolute atomic E-state index is 12.8. The minimum Gasteiger partial charge on any atom is -0.286 e. The molecule has 0 bridgehead atoms. The Morgan fingerprint density at radius 3 is 2.42 bits per heavy atom. The Balaban J connectivity index is 1.49. The van der Waals surface area contributed by atoms with Crippen LogP contribution < -0.4 is 0 Å². The summed E-state index contributed by atoms with van der Waals surface area (Å²) in [5.41, 5.74) is 1.01. The van der Waals surface area contributed by atoms with E-state index in [1.165, 1.54) is 0 Å². The molecule has 1 atom stereocenters. The van der Waals surface area contributed by atoms with E-state index in [4.69, 9.17) is 0 Å². The van der Waals surface area contributed by atoms with E-state index < -0.39 is 10.0 Å². The van der Waals surface area contributed by atoms with Gasteiger partial charge in [-0.05, 0) is 36.6 Å². The van der Waals surface area contributed by atoms with Gasteiger partial charge in [-0.3, -0.25) is 4.57 Å². The summed E-state index contributed by atoms with van der Waals surface area (Å²) < 4.78 is 29.1. The minimum atomic E-state index is -3.42. The quantitative estimate of drug-likeness (QED) is 0.694. The monoisotopic (exact) mass is 368 g/mol. The second kappa shape index (κ2) is 7.01. The molecule has 0 radical (unpaired) electrons. The minimum absolute atomic E-state index is 0.236. The van der Waals surface area contributed by atoms with Crippen LogP contribution in [0.2, 0.25) is 0 Å². The lowest BCUT2D eigenvalue weighted by Crippen LogP contribution is -2.29. The summed E-state index contributed by atoms with van der Waals surface area (Å²) in [7, 11) is -3.42. The first-order chi connectivity index (χ1) is 12.6.